The van der Waals surface area contributed by atoms with Crippen LogP contribution in [0.1, 0.15) is 38.7 Å². The van der Waals surface area contributed by atoms with Gasteiger partial charge in [-0.1, -0.05) is 37.1 Å². The minimum atomic E-state index is 0.509. The van der Waals surface area contributed by atoms with Crippen molar-refractivity contribution in [2.24, 2.45) is 5.92 Å². The van der Waals surface area contributed by atoms with Crippen LogP contribution in [-0.4, -0.2) is 37.1 Å². The molecule has 1 aliphatic heterocycles. The molecule has 2 nitrogen and oxygen atoms in total. The van der Waals surface area contributed by atoms with E-state index in [1.807, 2.05) is 12.1 Å². The first-order valence-electron chi connectivity index (χ1n) is 8.33. The molecular weight excluding hydrogens is 280 g/mol. The Kier molecular flexibility index (Phi) is 7.01. The first kappa shape index (κ1) is 16.8. The Labute approximate surface area is 134 Å². The van der Waals surface area contributed by atoms with E-state index in [9.17, 15) is 0 Å². The van der Waals surface area contributed by atoms with Crippen LogP contribution in [0.5, 0.6) is 0 Å². The van der Waals surface area contributed by atoms with Crippen molar-refractivity contribution in [1.82, 2.24) is 10.2 Å². The van der Waals surface area contributed by atoms with E-state index in [1.54, 1.807) is 0 Å². The standard InChI is InChI=1S/C18H29ClN2/c1-15(14-21-10-4-3-5-11-21)13-20-16(2)12-17-6-8-18(19)9-7-17/h6-9,15-16,20H,3-5,10-14H2,1-2H3. The molecule has 1 heterocycles. The van der Waals surface area contributed by atoms with Crippen molar-refractivity contribution in [3.05, 3.63) is 34.9 Å². The topological polar surface area (TPSA) is 15.3 Å². The van der Waals surface area contributed by atoms with Crippen molar-refractivity contribution in [1.29, 1.82) is 0 Å². The van der Waals surface area contributed by atoms with Gasteiger partial charge in [-0.25, -0.2) is 0 Å². The number of halogens is 1. The van der Waals surface area contributed by atoms with Gasteiger partial charge in [0.05, 0.1) is 0 Å². The lowest BCUT2D eigenvalue weighted by atomic mass is 10.1. The van der Waals surface area contributed by atoms with Crippen LogP contribution in [0, 0.1) is 5.92 Å². The second-order valence-corrected chi connectivity index (χ2v) is 7.04. The van der Waals surface area contributed by atoms with Crippen LogP contribution in [0.15, 0.2) is 24.3 Å². The summed E-state index contributed by atoms with van der Waals surface area (Å²) in [6.07, 6.45) is 5.25. The van der Waals surface area contributed by atoms with E-state index in [4.69, 9.17) is 11.6 Å². The molecule has 2 rings (SSSR count). The molecule has 1 aromatic rings. The zero-order valence-electron chi connectivity index (χ0n) is 13.4. The molecule has 0 spiro atoms. The molecule has 118 valence electrons. The molecule has 2 unspecified atom stereocenters. The summed E-state index contributed by atoms with van der Waals surface area (Å²) in [6, 6.07) is 8.70. The summed E-state index contributed by atoms with van der Waals surface area (Å²) in [7, 11) is 0. The van der Waals surface area contributed by atoms with Crippen LogP contribution in [0.3, 0.4) is 0 Å². The van der Waals surface area contributed by atoms with Gasteiger partial charge in [-0.3, -0.25) is 0 Å². The lowest BCUT2D eigenvalue weighted by Crippen LogP contribution is -2.39. The fourth-order valence-electron chi connectivity index (χ4n) is 3.10. The van der Waals surface area contributed by atoms with Crippen LogP contribution in [0.2, 0.25) is 5.02 Å². The fourth-order valence-corrected chi connectivity index (χ4v) is 3.22. The molecule has 1 N–H and O–H groups in total. The molecule has 0 bridgehead atoms. The van der Waals surface area contributed by atoms with Gasteiger partial charge in [0.1, 0.15) is 0 Å². The minimum Gasteiger partial charge on any atom is -0.314 e. The second kappa shape index (κ2) is 8.77. The van der Waals surface area contributed by atoms with Gasteiger partial charge in [0.15, 0.2) is 0 Å². The number of nitrogens with zero attached hydrogens (tertiary/aromatic N) is 1. The van der Waals surface area contributed by atoms with Gasteiger partial charge < -0.3 is 10.2 Å². The van der Waals surface area contributed by atoms with Gasteiger partial charge >= 0.3 is 0 Å². The summed E-state index contributed by atoms with van der Waals surface area (Å²) in [5.74, 6) is 0.718. The van der Waals surface area contributed by atoms with Crippen molar-refractivity contribution in [2.45, 2.75) is 45.6 Å². The van der Waals surface area contributed by atoms with Gasteiger partial charge in [-0.15, -0.1) is 0 Å². The number of hydrogen-bond acceptors (Lipinski definition) is 2. The smallest absolute Gasteiger partial charge is 0.0406 e. The van der Waals surface area contributed by atoms with Crippen molar-refractivity contribution < 1.29 is 0 Å². The van der Waals surface area contributed by atoms with Crippen LogP contribution in [-0.2, 0) is 6.42 Å². The molecule has 0 aromatic heterocycles. The first-order valence-corrected chi connectivity index (χ1v) is 8.71. The molecule has 0 aliphatic carbocycles. The molecule has 1 fully saturated rings. The van der Waals surface area contributed by atoms with Gasteiger partial charge in [-0.05, 0) is 69.4 Å². The SMILES string of the molecule is CC(CNC(C)Cc1ccc(Cl)cc1)CN1CCCCC1. The maximum atomic E-state index is 5.92. The summed E-state index contributed by atoms with van der Waals surface area (Å²) in [6.45, 7) is 9.56. The Morgan fingerprint density at radius 3 is 2.43 bits per heavy atom. The lowest BCUT2D eigenvalue weighted by molar-refractivity contribution is 0.197. The molecule has 1 aromatic carbocycles. The van der Waals surface area contributed by atoms with Crippen LogP contribution >= 0.6 is 11.6 Å². The molecule has 0 saturated carbocycles. The highest BCUT2D eigenvalue weighted by atomic mass is 35.5. The van der Waals surface area contributed by atoms with Crippen LogP contribution < -0.4 is 5.32 Å². The van der Waals surface area contributed by atoms with E-state index < -0.39 is 0 Å². The van der Waals surface area contributed by atoms with Crippen molar-refractivity contribution in [3.63, 3.8) is 0 Å². The Morgan fingerprint density at radius 1 is 1.10 bits per heavy atom. The maximum absolute atomic E-state index is 5.92. The summed E-state index contributed by atoms with van der Waals surface area (Å²) < 4.78 is 0. The van der Waals surface area contributed by atoms with E-state index >= 15 is 0 Å². The third-order valence-electron chi connectivity index (χ3n) is 4.29. The minimum absolute atomic E-state index is 0.509. The normalized spacial score (nSPS) is 19.4. The molecule has 1 aliphatic rings. The third-order valence-corrected chi connectivity index (χ3v) is 4.54. The first-order chi connectivity index (χ1) is 10.1. The molecule has 3 heteroatoms. The number of nitrogens with one attached hydrogen (secondary N) is 1. The number of piperidine rings is 1. The molecule has 0 amide bonds. The predicted molar refractivity (Wildman–Crippen MR) is 92.1 cm³/mol. The Bertz CT molecular complexity index is 398. The zero-order valence-corrected chi connectivity index (χ0v) is 14.2. The van der Waals surface area contributed by atoms with Crippen LogP contribution in [0.25, 0.3) is 0 Å². The highest BCUT2D eigenvalue weighted by Gasteiger charge is 2.14. The molecular formula is C18H29ClN2. The number of likely N-dealkylation sites (tertiary alicyclic amines) is 1. The van der Waals surface area contributed by atoms with E-state index in [0.29, 0.717) is 6.04 Å². The Hall–Kier alpha value is -0.570. The predicted octanol–water partition coefficient (Wildman–Crippen LogP) is 3.98. The second-order valence-electron chi connectivity index (χ2n) is 6.61. The molecule has 0 radical (unpaired) electrons. The average Bonchev–Trinajstić information content (AvgIpc) is 2.49. The summed E-state index contributed by atoms with van der Waals surface area (Å²) >= 11 is 5.92. The quantitative estimate of drug-likeness (QED) is 0.819. The van der Waals surface area contributed by atoms with Gasteiger partial charge in [0, 0.05) is 17.6 Å². The fraction of sp³-hybridized carbons (Fsp3) is 0.667. The summed E-state index contributed by atoms with van der Waals surface area (Å²) in [4.78, 5) is 2.62. The maximum Gasteiger partial charge on any atom is 0.0406 e. The number of benzene rings is 1. The van der Waals surface area contributed by atoms with Crippen molar-refractivity contribution >= 4 is 11.6 Å². The van der Waals surface area contributed by atoms with Gasteiger partial charge in [0.25, 0.3) is 0 Å². The largest absolute Gasteiger partial charge is 0.314 e. The number of hydrogen-bond donors (Lipinski definition) is 1. The van der Waals surface area contributed by atoms with Crippen molar-refractivity contribution in [3.8, 4) is 0 Å². The van der Waals surface area contributed by atoms with Gasteiger partial charge in [0.2, 0.25) is 0 Å². The summed E-state index contributed by atoms with van der Waals surface area (Å²) in [5, 5.41) is 4.49. The molecule has 21 heavy (non-hydrogen) atoms. The monoisotopic (exact) mass is 308 g/mol. The lowest BCUT2D eigenvalue weighted by Gasteiger charge is -2.29. The van der Waals surface area contributed by atoms with E-state index in [1.165, 1.54) is 44.5 Å². The average molecular weight is 309 g/mol. The Balaban J connectivity index is 1.65. The van der Waals surface area contributed by atoms with Crippen LogP contribution in [0.4, 0.5) is 0 Å². The Morgan fingerprint density at radius 2 is 1.76 bits per heavy atom. The van der Waals surface area contributed by atoms with Gasteiger partial charge in [-0.2, -0.15) is 0 Å². The van der Waals surface area contributed by atoms with E-state index in [0.717, 1.165) is 23.9 Å². The van der Waals surface area contributed by atoms with Crippen molar-refractivity contribution in [2.75, 3.05) is 26.2 Å². The molecule has 2 atom stereocenters. The highest BCUT2D eigenvalue weighted by Crippen LogP contribution is 2.12. The number of rotatable bonds is 7. The third kappa shape index (κ3) is 6.37. The van der Waals surface area contributed by atoms with E-state index in [2.05, 4.69) is 36.2 Å². The zero-order chi connectivity index (χ0) is 15.1. The molecule has 1 saturated heterocycles. The highest BCUT2D eigenvalue weighted by molar-refractivity contribution is 6.30. The van der Waals surface area contributed by atoms with E-state index in [-0.39, 0.29) is 0 Å². The summed E-state index contributed by atoms with van der Waals surface area (Å²) in [5.41, 5.74) is 1.35.